The Kier molecular flexibility index (Phi) is 9.28. The normalized spacial score (nSPS) is 28.8. The number of aliphatic carboxylic acids is 1. The molecule has 0 aromatic heterocycles. The summed E-state index contributed by atoms with van der Waals surface area (Å²) < 4.78 is 5.80. The predicted octanol–water partition coefficient (Wildman–Crippen LogP) is 1.41. The highest BCUT2D eigenvalue weighted by Crippen LogP contribution is 2.41. The van der Waals surface area contributed by atoms with E-state index in [9.17, 15) is 24.9 Å². The summed E-state index contributed by atoms with van der Waals surface area (Å²) in [6.45, 7) is 2.09. The van der Waals surface area contributed by atoms with Crippen LogP contribution < -0.4 is 16.8 Å². The lowest BCUT2D eigenvalue weighted by atomic mass is 9.74. The number of allylic oxidation sites excluding steroid dienone is 4. The molecule has 0 bridgehead atoms. The Morgan fingerprint density at radius 1 is 1.31 bits per heavy atom. The van der Waals surface area contributed by atoms with E-state index in [1.807, 2.05) is 12.2 Å². The van der Waals surface area contributed by atoms with Crippen LogP contribution in [0.15, 0.2) is 28.8 Å². The molecule has 0 aromatic rings. The molecule has 0 aromatic carbocycles. The first kappa shape index (κ1) is 27.1. The molecule has 1 aliphatic heterocycles. The highest BCUT2D eigenvalue weighted by Gasteiger charge is 2.46. The van der Waals surface area contributed by atoms with E-state index >= 15 is 0 Å². The molecule has 3 rings (SSSR count). The number of hydrogen-bond acceptors (Lipinski definition) is 10. The number of oxime groups is 1. The van der Waals surface area contributed by atoms with E-state index in [0.29, 0.717) is 43.6 Å². The van der Waals surface area contributed by atoms with Gasteiger partial charge in [-0.05, 0) is 44.1 Å². The first-order valence-electron chi connectivity index (χ1n) is 12.3. The van der Waals surface area contributed by atoms with Crippen molar-refractivity contribution in [1.29, 1.82) is 0 Å². The fraction of sp³-hybridized carbons (Fsp3) is 0.708. The van der Waals surface area contributed by atoms with E-state index in [0.717, 1.165) is 18.5 Å². The minimum absolute atomic E-state index is 0.0812. The minimum atomic E-state index is -1.71. The van der Waals surface area contributed by atoms with Crippen molar-refractivity contribution in [3.05, 3.63) is 23.6 Å². The second kappa shape index (κ2) is 12.0. The second-order valence-corrected chi connectivity index (χ2v) is 9.85. The lowest BCUT2D eigenvalue weighted by Crippen LogP contribution is -2.45. The molecule has 0 fully saturated rings. The first-order valence-corrected chi connectivity index (χ1v) is 12.3. The third-order valence-corrected chi connectivity index (χ3v) is 6.94. The summed E-state index contributed by atoms with van der Waals surface area (Å²) in [7, 11) is 0. The van der Waals surface area contributed by atoms with Gasteiger partial charge in [-0.15, -0.1) is 0 Å². The molecule has 11 nitrogen and oxygen atoms in total. The number of nitrogens with one attached hydrogen (secondary N) is 1. The van der Waals surface area contributed by atoms with Crippen LogP contribution in [0.2, 0.25) is 0 Å². The summed E-state index contributed by atoms with van der Waals surface area (Å²) in [5.41, 5.74) is 11.4. The predicted molar refractivity (Wildman–Crippen MR) is 127 cm³/mol. The molecule has 0 saturated carbocycles. The van der Waals surface area contributed by atoms with E-state index < -0.39 is 24.2 Å². The van der Waals surface area contributed by atoms with Crippen LogP contribution in [0.4, 0.5) is 0 Å². The zero-order chi connectivity index (χ0) is 25.6. The Labute approximate surface area is 205 Å². The molecule has 1 heterocycles. The number of rotatable bonds is 11. The van der Waals surface area contributed by atoms with Gasteiger partial charge in [0.15, 0.2) is 11.9 Å². The topological polar surface area (TPSA) is 190 Å². The van der Waals surface area contributed by atoms with Crippen LogP contribution in [0.3, 0.4) is 0 Å². The van der Waals surface area contributed by atoms with Gasteiger partial charge in [-0.1, -0.05) is 24.6 Å². The van der Waals surface area contributed by atoms with Crippen molar-refractivity contribution < 1.29 is 34.5 Å². The van der Waals surface area contributed by atoms with E-state index in [1.54, 1.807) is 0 Å². The van der Waals surface area contributed by atoms with Gasteiger partial charge >= 0.3 is 11.9 Å². The summed E-state index contributed by atoms with van der Waals surface area (Å²) in [5, 5.41) is 35.5. The van der Waals surface area contributed by atoms with Crippen LogP contribution in [-0.4, -0.2) is 51.2 Å². The Bertz CT molecular complexity index is 870. The molecule has 3 aliphatic rings. The van der Waals surface area contributed by atoms with Gasteiger partial charge in [0.2, 0.25) is 0 Å². The summed E-state index contributed by atoms with van der Waals surface area (Å²) in [5.74, 6) is -0.865. The molecule has 0 radical (unpaired) electrons. The number of carbonyl (C=O) groups excluding carboxylic acids is 1. The van der Waals surface area contributed by atoms with E-state index in [-0.39, 0.29) is 43.0 Å². The quantitative estimate of drug-likeness (QED) is 0.181. The lowest BCUT2D eigenvalue weighted by Gasteiger charge is -2.32. The molecule has 35 heavy (non-hydrogen) atoms. The van der Waals surface area contributed by atoms with Crippen LogP contribution >= 0.6 is 0 Å². The molecule has 0 spiro atoms. The monoisotopic (exact) mass is 494 g/mol. The summed E-state index contributed by atoms with van der Waals surface area (Å²) in [4.78, 5) is 29.8. The Balaban J connectivity index is 1.65. The van der Waals surface area contributed by atoms with E-state index in [4.69, 9.17) is 21.0 Å². The largest absolute Gasteiger partial charge is 0.481 e. The number of carboxylic acid groups (broad SMARTS) is 1. The molecular weight excluding hydrogens is 456 g/mol. The van der Waals surface area contributed by atoms with Crippen molar-refractivity contribution in [1.82, 2.24) is 5.32 Å². The molecule has 196 valence electrons. The van der Waals surface area contributed by atoms with Crippen LogP contribution in [0.1, 0.15) is 71.1 Å². The summed E-state index contributed by atoms with van der Waals surface area (Å²) >= 11 is 0. The third-order valence-electron chi connectivity index (χ3n) is 6.94. The number of ether oxygens (including phenoxy) is 1. The van der Waals surface area contributed by atoms with Crippen molar-refractivity contribution in [3.8, 4) is 0 Å². The van der Waals surface area contributed by atoms with Gasteiger partial charge in [-0.25, -0.2) is 0 Å². The maximum atomic E-state index is 12.8. The van der Waals surface area contributed by atoms with Gasteiger partial charge in [-0.2, -0.15) is 0 Å². The third kappa shape index (κ3) is 7.50. The van der Waals surface area contributed by atoms with E-state index in [1.165, 1.54) is 0 Å². The Hall–Kier alpha value is -2.47. The number of hydrogen-bond donors (Lipinski definition) is 6. The van der Waals surface area contributed by atoms with Crippen LogP contribution in [-0.2, 0) is 19.2 Å². The lowest BCUT2D eigenvalue weighted by molar-refractivity contribution is -0.152. The van der Waals surface area contributed by atoms with Gasteiger partial charge < -0.3 is 30.2 Å². The number of aliphatic hydroxyl groups is 2. The smallest absolute Gasteiger partial charge is 0.314 e. The van der Waals surface area contributed by atoms with Gasteiger partial charge in [0.05, 0.1) is 18.1 Å². The zero-order valence-corrected chi connectivity index (χ0v) is 20.2. The van der Waals surface area contributed by atoms with Crippen molar-refractivity contribution >= 4 is 17.7 Å². The first-order chi connectivity index (χ1) is 16.6. The number of esters is 1. The molecule has 2 aliphatic carbocycles. The minimum Gasteiger partial charge on any atom is -0.481 e. The molecule has 0 amide bonds. The number of nitrogens with two attached hydrogens (primary N) is 2. The fourth-order valence-corrected chi connectivity index (χ4v) is 5.32. The fourth-order valence-electron chi connectivity index (χ4n) is 5.32. The number of carbonyl (C=O) groups is 2. The van der Waals surface area contributed by atoms with Crippen LogP contribution in [0.25, 0.3) is 0 Å². The van der Waals surface area contributed by atoms with Crippen LogP contribution in [0, 0.1) is 17.8 Å². The Morgan fingerprint density at radius 2 is 2.09 bits per heavy atom. The average molecular weight is 495 g/mol. The standard InChI is InChI=1S/C24H38N4O7/c1-2-3-14-6-9-17(34-22(33)15-4-7-16(8-5-15)27-23(25)26)10-18(14)19-11-24(35-28-19,12-20(29)30)13-21(31)32/h7,9,14-15,18,20,23,27,29-30H,2-6,8,10-13,25-26H2,1H3,(H,31,32)/t14-,15-,18+,24?/m1/s1. The van der Waals surface area contributed by atoms with Crippen molar-refractivity contribution in [2.45, 2.75) is 89.3 Å². The second-order valence-electron chi connectivity index (χ2n) is 9.85. The number of carboxylic acids is 1. The molecule has 11 heteroatoms. The maximum absolute atomic E-state index is 12.8. The number of nitrogens with zero attached hydrogens (tertiary/aromatic N) is 1. The highest BCUT2D eigenvalue weighted by molar-refractivity contribution is 5.90. The molecular formula is C24H38N4O7. The van der Waals surface area contributed by atoms with Gasteiger partial charge in [0.1, 0.15) is 12.0 Å². The average Bonchev–Trinajstić information content (AvgIpc) is 3.16. The summed E-state index contributed by atoms with van der Waals surface area (Å²) in [6.07, 6.45) is 6.02. The summed E-state index contributed by atoms with van der Waals surface area (Å²) in [6, 6.07) is 0. The molecule has 4 atom stereocenters. The van der Waals surface area contributed by atoms with Gasteiger partial charge in [0.25, 0.3) is 0 Å². The van der Waals surface area contributed by atoms with Crippen molar-refractivity contribution in [3.63, 3.8) is 0 Å². The molecule has 8 N–H and O–H groups in total. The van der Waals surface area contributed by atoms with E-state index in [2.05, 4.69) is 17.4 Å². The SMILES string of the molecule is CCC[C@@H]1CC=C(OC(=O)[C@@H]2CC=C(NC(N)N)CC2)C[C@@H]1C1=NOC(CC(=O)O)(CC(O)O)C1. The maximum Gasteiger partial charge on any atom is 0.314 e. The van der Waals surface area contributed by atoms with Crippen LogP contribution in [0.5, 0.6) is 0 Å². The number of aliphatic hydroxyl groups excluding tert-OH is 1. The van der Waals surface area contributed by atoms with Gasteiger partial charge in [0, 0.05) is 30.9 Å². The molecule has 0 saturated heterocycles. The molecule has 1 unspecified atom stereocenters. The van der Waals surface area contributed by atoms with Crippen molar-refractivity contribution in [2.24, 2.45) is 34.4 Å². The van der Waals surface area contributed by atoms with Gasteiger partial charge in [-0.3, -0.25) is 21.1 Å². The highest BCUT2D eigenvalue weighted by atomic mass is 16.7. The Morgan fingerprint density at radius 3 is 2.69 bits per heavy atom. The van der Waals surface area contributed by atoms with Crippen molar-refractivity contribution in [2.75, 3.05) is 0 Å². The zero-order valence-electron chi connectivity index (χ0n) is 20.2.